The molecule has 2 aromatic carbocycles. The zero-order valence-electron chi connectivity index (χ0n) is 13.4. The summed E-state index contributed by atoms with van der Waals surface area (Å²) in [5.41, 5.74) is 0.957. The summed E-state index contributed by atoms with van der Waals surface area (Å²) in [5.74, 6) is 0.634. The molecule has 126 valence electrons. The number of diazo groups is 1. The molecular weight excluding hydrogens is 403 g/mol. The smallest absolute Gasteiger partial charge is 0.430 e. The van der Waals surface area contributed by atoms with Gasteiger partial charge in [-0.25, -0.2) is 0 Å². The molecule has 0 amide bonds. The van der Waals surface area contributed by atoms with Gasteiger partial charge in [-0.2, -0.15) is 5.11 Å². The maximum Gasteiger partial charge on any atom is 0.430 e. The Morgan fingerprint density at radius 1 is 1.08 bits per heavy atom. The molecule has 25 heavy (non-hydrogen) atoms. The number of nitrogens with zero attached hydrogens (tertiary/aromatic N) is 5. The van der Waals surface area contributed by atoms with Crippen molar-refractivity contribution in [3.8, 4) is 11.5 Å². The van der Waals surface area contributed by atoms with Gasteiger partial charge in [0.25, 0.3) is 5.69 Å². The van der Waals surface area contributed by atoms with Crippen LogP contribution in [-0.2, 0) is 19.5 Å². The van der Waals surface area contributed by atoms with E-state index in [0.29, 0.717) is 22.9 Å². The molecule has 0 aliphatic rings. The first kappa shape index (κ1) is 22.4. The van der Waals surface area contributed by atoms with Crippen LogP contribution < -0.4 is 21.9 Å². The molecular formula is C14H12ClN5O4Zn. The van der Waals surface area contributed by atoms with Gasteiger partial charge in [-0.3, -0.25) is 10.1 Å². The van der Waals surface area contributed by atoms with Gasteiger partial charge in [-0.15, -0.1) is 5.11 Å². The van der Waals surface area contributed by atoms with Crippen LogP contribution in [0.5, 0.6) is 11.5 Å². The number of non-ortho nitro benzene ring substituents is 1. The fourth-order valence-electron chi connectivity index (χ4n) is 1.77. The zero-order chi connectivity index (χ0) is 16.8. The van der Waals surface area contributed by atoms with Gasteiger partial charge in [0, 0.05) is 37.7 Å². The van der Waals surface area contributed by atoms with Crippen LogP contribution in [0.2, 0.25) is 0 Å². The second-order valence-corrected chi connectivity index (χ2v) is 4.27. The van der Waals surface area contributed by atoms with E-state index in [1.165, 1.54) is 50.6 Å². The molecule has 0 heterocycles. The normalized spacial score (nSPS) is 9.48. The molecule has 0 aliphatic heterocycles. The Balaban J connectivity index is 0.00000288. The van der Waals surface area contributed by atoms with E-state index in [1.807, 2.05) is 0 Å². The Morgan fingerprint density at radius 2 is 1.68 bits per heavy atom. The molecule has 11 heteroatoms. The van der Waals surface area contributed by atoms with Crippen molar-refractivity contribution in [2.45, 2.75) is 0 Å². The average molecular weight is 415 g/mol. The van der Waals surface area contributed by atoms with Crippen molar-refractivity contribution in [1.29, 1.82) is 5.39 Å². The third-order valence-corrected chi connectivity index (χ3v) is 2.92. The summed E-state index contributed by atoms with van der Waals surface area (Å²) in [6, 6.07) is 8.57. The fourth-order valence-corrected chi connectivity index (χ4v) is 1.77. The van der Waals surface area contributed by atoms with E-state index in [-0.39, 0.29) is 43.3 Å². The number of benzene rings is 2. The van der Waals surface area contributed by atoms with Crippen LogP contribution in [0, 0.1) is 15.5 Å². The maximum absolute atomic E-state index is 10.6. The van der Waals surface area contributed by atoms with Gasteiger partial charge in [-0.1, -0.05) is 0 Å². The van der Waals surface area contributed by atoms with E-state index in [2.05, 4.69) is 15.2 Å². The molecule has 2 aromatic rings. The quantitative estimate of drug-likeness (QED) is 0.242. The van der Waals surface area contributed by atoms with Crippen molar-refractivity contribution >= 4 is 22.7 Å². The SMILES string of the molecule is COc1cc([N+]#N)c(OC)cc1N=Nc1ccc([N+](=O)[O-])cc1.[Cl-].[Zn]. The molecule has 0 bridgehead atoms. The van der Waals surface area contributed by atoms with Gasteiger partial charge in [0.2, 0.25) is 11.1 Å². The van der Waals surface area contributed by atoms with Crippen molar-refractivity contribution in [3.63, 3.8) is 0 Å². The molecule has 9 nitrogen and oxygen atoms in total. The topological polar surface area (TPSA) is 114 Å². The number of rotatable bonds is 5. The maximum atomic E-state index is 10.6. The molecule has 0 atom stereocenters. The summed E-state index contributed by atoms with van der Waals surface area (Å²) >= 11 is 0. The van der Waals surface area contributed by atoms with E-state index in [0.717, 1.165) is 0 Å². The number of methoxy groups -OCH3 is 2. The number of halogens is 1. The minimum atomic E-state index is -0.494. The Bertz CT molecular complexity index is 808. The molecule has 2 rings (SSSR count). The number of hydrogen-bond acceptors (Lipinski definition) is 7. The zero-order valence-corrected chi connectivity index (χ0v) is 17.1. The molecule has 0 saturated carbocycles. The van der Waals surface area contributed by atoms with Crippen molar-refractivity contribution in [2.24, 2.45) is 10.2 Å². The van der Waals surface area contributed by atoms with Gasteiger partial charge in [0.15, 0.2) is 10.7 Å². The van der Waals surface area contributed by atoms with Gasteiger partial charge in [0.05, 0.1) is 30.9 Å². The molecule has 0 saturated heterocycles. The molecule has 0 aliphatic carbocycles. The van der Waals surface area contributed by atoms with Crippen molar-refractivity contribution in [3.05, 3.63) is 51.5 Å². The van der Waals surface area contributed by atoms with Crippen LogP contribution in [0.25, 0.3) is 4.98 Å². The summed E-state index contributed by atoms with van der Waals surface area (Å²) in [6.07, 6.45) is 0. The molecule has 0 N–H and O–H groups in total. The monoisotopic (exact) mass is 413 g/mol. The van der Waals surface area contributed by atoms with Crippen LogP contribution in [0.15, 0.2) is 46.6 Å². The first-order valence-electron chi connectivity index (χ1n) is 6.36. The second kappa shape index (κ2) is 10.3. The van der Waals surface area contributed by atoms with E-state index in [4.69, 9.17) is 14.9 Å². The van der Waals surface area contributed by atoms with Crippen LogP contribution in [0.1, 0.15) is 0 Å². The third kappa shape index (κ3) is 5.45. The van der Waals surface area contributed by atoms with Crippen molar-refractivity contribution in [2.75, 3.05) is 14.2 Å². The van der Waals surface area contributed by atoms with E-state index < -0.39 is 4.92 Å². The number of azo groups is 1. The Kier molecular flexibility index (Phi) is 9.20. The largest absolute Gasteiger partial charge is 1.00 e. The minimum absolute atomic E-state index is 0. The molecule has 0 unspecified atom stereocenters. The predicted octanol–water partition coefficient (Wildman–Crippen LogP) is 1.51. The van der Waals surface area contributed by atoms with E-state index in [1.54, 1.807) is 0 Å². The molecule has 0 aromatic heterocycles. The molecule has 0 spiro atoms. The first-order valence-corrected chi connectivity index (χ1v) is 6.36. The number of nitro groups is 1. The fraction of sp³-hybridized carbons (Fsp3) is 0.143. The second-order valence-electron chi connectivity index (χ2n) is 4.27. The van der Waals surface area contributed by atoms with Gasteiger partial charge in [-0.05, 0) is 12.1 Å². The Labute approximate surface area is 162 Å². The Hall–Kier alpha value is -2.63. The predicted molar refractivity (Wildman–Crippen MR) is 81.6 cm³/mol. The summed E-state index contributed by atoms with van der Waals surface area (Å²) in [5, 5.41) is 27.5. The summed E-state index contributed by atoms with van der Waals surface area (Å²) in [6.45, 7) is 0. The number of hydrogen-bond donors (Lipinski definition) is 0. The number of nitro benzene ring substituents is 1. The standard InChI is InChI=1S/C14H12N5O4.ClH.Zn/c1-22-13-8-12(14(23-2)7-11(13)16-15)18-17-9-3-5-10(6-4-9)19(20)21;;/h3-8H,1-2H3;1H;/q+1;;/p-1. The van der Waals surface area contributed by atoms with Gasteiger partial charge in [0.1, 0.15) is 5.69 Å². The Morgan fingerprint density at radius 3 is 2.16 bits per heavy atom. The number of ether oxygens (including phenoxy) is 2. The minimum Gasteiger partial charge on any atom is -1.00 e. The van der Waals surface area contributed by atoms with E-state index in [9.17, 15) is 10.1 Å². The van der Waals surface area contributed by atoms with Crippen LogP contribution in [0.3, 0.4) is 0 Å². The van der Waals surface area contributed by atoms with Crippen LogP contribution in [-0.4, -0.2) is 19.1 Å². The molecule has 0 fully saturated rings. The van der Waals surface area contributed by atoms with Gasteiger partial charge >= 0.3 is 5.69 Å². The molecule has 0 radical (unpaired) electrons. The van der Waals surface area contributed by atoms with Crippen LogP contribution >= 0.6 is 0 Å². The van der Waals surface area contributed by atoms with Gasteiger partial charge < -0.3 is 21.9 Å². The summed E-state index contributed by atoms with van der Waals surface area (Å²) < 4.78 is 10.2. The summed E-state index contributed by atoms with van der Waals surface area (Å²) in [4.78, 5) is 13.2. The van der Waals surface area contributed by atoms with Crippen LogP contribution in [0.4, 0.5) is 22.7 Å². The average Bonchev–Trinajstić information content (AvgIpc) is 2.59. The van der Waals surface area contributed by atoms with E-state index >= 15 is 0 Å². The van der Waals surface area contributed by atoms with Crippen molar-refractivity contribution < 1.29 is 46.3 Å². The first-order chi connectivity index (χ1) is 11.1. The summed E-state index contributed by atoms with van der Waals surface area (Å²) in [7, 11) is 2.86. The third-order valence-electron chi connectivity index (χ3n) is 2.92. The van der Waals surface area contributed by atoms with Crippen molar-refractivity contribution in [1.82, 2.24) is 0 Å².